The Morgan fingerprint density at radius 3 is 3.00 bits per heavy atom. The zero-order valence-electron chi connectivity index (χ0n) is 9.32. The first-order valence-electron chi connectivity index (χ1n) is 5.41. The minimum Gasteiger partial charge on any atom is -0.465 e. The summed E-state index contributed by atoms with van der Waals surface area (Å²) < 4.78 is 4.78. The summed E-state index contributed by atoms with van der Waals surface area (Å²) in [5, 5.41) is 3.28. The van der Waals surface area contributed by atoms with Gasteiger partial charge in [0.1, 0.15) is 0 Å². The van der Waals surface area contributed by atoms with Gasteiger partial charge in [-0.3, -0.25) is 0 Å². The first-order chi connectivity index (χ1) is 7.74. The first-order valence-corrected chi connectivity index (χ1v) is 5.41. The fourth-order valence-electron chi connectivity index (χ4n) is 2.19. The van der Waals surface area contributed by atoms with Crippen LogP contribution in [0.5, 0.6) is 0 Å². The average Bonchev–Trinajstić information content (AvgIpc) is 2.81. The summed E-state index contributed by atoms with van der Waals surface area (Å²) in [6.07, 6.45) is 1.04. The van der Waals surface area contributed by atoms with Crippen LogP contribution in [0, 0.1) is 0 Å². The second-order valence-corrected chi connectivity index (χ2v) is 3.99. The van der Waals surface area contributed by atoms with Gasteiger partial charge in [0.2, 0.25) is 0 Å². The van der Waals surface area contributed by atoms with Gasteiger partial charge in [-0.2, -0.15) is 0 Å². The first kappa shape index (κ1) is 11.0. The van der Waals surface area contributed by atoms with Gasteiger partial charge in [-0.05, 0) is 30.5 Å². The van der Waals surface area contributed by atoms with Gasteiger partial charge in [-0.1, -0.05) is 12.1 Å². The second kappa shape index (κ2) is 4.53. The summed E-state index contributed by atoms with van der Waals surface area (Å²) in [7, 11) is 1.38. The van der Waals surface area contributed by atoms with E-state index in [0.29, 0.717) is 17.2 Å². The molecule has 86 valence electrons. The van der Waals surface area contributed by atoms with Crippen LogP contribution in [0.1, 0.15) is 28.3 Å². The zero-order valence-corrected chi connectivity index (χ0v) is 9.32. The van der Waals surface area contributed by atoms with Crippen molar-refractivity contribution in [1.82, 2.24) is 5.32 Å². The van der Waals surface area contributed by atoms with E-state index in [2.05, 4.69) is 5.32 Å². The number of benzene rings is 1. The van der Waals surface area contributed by atoms with Crippen LogP contribution in [0.3, 0.4) is 0 Å². The molecule has 1 aliphatic heterocycles. The van der Waals surface area contributed by atoms with Crippen LogP contribution in [0.25, 0.3) is 0 Å². The lowest BCUT2D eigenvalue weighted by molar-refractivity contribution is 0.0600. The van der Waals surface area contributed by atoms with E-state index in [-0.39, 0.29) is 5.97 Å². The maximum atomic E-state index is 11.7. The van der Waals surface area contributed by atoms with Crippen LogP contribution in [0.2, 0.25) is 0 Å². The Bertz CT molecular complexity index is 398. The number of nitrogen functional groups attached to an aromatic ring is 1. The lowest BCUT2D eigenvalue weighted by Crippen LogP contribution is -2.14. The van der Waals surface area contributed by atoms with E-state index in [1.165, 1.54) is 7.11 Å². The SMILES string of the molecule is COC(=O)c1c(N)cccc1C1CCNC1. The molecule has 1 heterocycles. The van der Waals surface area contributed by atoms with Gasteiger partial charge in [-0.25, -0.2) is 4.79 Å². The van der Waals surface area contributed by atoms with Crippen LogP contribution in [-0.2, 0) is 4.74 Å². The van der Waals surface area contributed by atoms with Gasteiger partial charge in [0.05, 0.1) is 12.7 Å². The third-order valence-electron chi connectivity index (χ3n) is 3.02. The molecule has 16 heavy (non-hydrogen) atoms. The van der Waals surface area contributed by atoms with Crippen LogP contribution in [-0.4, -0.2) is 26.2 Å². The van der Waals surface area contributed by atoms with Gasteiger partial charge >= 0.3 is 5.97 Å². The Morgan fingerprint density at radius 2 is 2.38 bits per heavy atom. The summed E-state index contributed by atoms with van der Waals surface area (Å²) in [4.78, 5) is 11.7. The normalized spacial score (nSPS) is 19.7. The summed E-state index contributed by atoms with van der Waals surface area (Å²) in [5.74, 6) is 0.0117. The number of carbonyl (C=O) groups excluding carboxylic acids is 1. The van der Waals surface area contributed by atoms with E-state index in [0.717, 1.165) is 25.1 Å². The summed E-state index contributed by atoms with van der Waals surface area (Å²) in [5.41, 5.74) is 7.86. The van der Waals surface area contributed by atoms with E-state index in [4.69, 9.17) is 10.5 Å². The highest BCUT2D eigenvalue weighted by Gasteiger charge is 2.24. The molecule has 1 fully saturated rings. The number of methoxy groups -OCH3 is 1. The summed E-state index contributed by atoms with van der Waals surface area (Å²) >= 11 is 0. The lowest BCUT2D eigenvalue weighted by atomic mass is 9.92. The predicted octanol–water partition coefficient (Wildman–Crippen LogP) is 1.13. The number of esters is 1. The highest BCUT2D eigenvalue weighted by Crippen LogP contribution is 2.29. The maximum absolute atomic E-state index is 11.7. The van der Waals surface area contributed by atoms with E-state index in [9.17, 15) is 4.79 Å². The van der Waals surface area contributed by atoms with Gasteiger partial charge in [0, 0.05) is 12.2 Å². The minimum atomic E-state index is -0.347. The number of nitrogens with two attached hydrogens (primary N) is 1. The third-order valence-corrected chi connectivity index (χ3v) is 3.02. The number of carbonyl (C=O) groups is 1. The van der Waals surface area contributed by atoms with E-state index in [1.54, 1.807) is 6.07 Å². The van der Waals surface area contributed by atoms with Crippen LogP contribution in [0.4, 0.5) is 5.69 Å². The molecule has 0 aromatic heterocycles. The Kier molecular flexibility index (Phi) is 3.10. The molecule has 0 aliphatic carbocycles. The number of ether oxygens (including phenoxy) is 1. The zero-order chi connectivity index (χ0) is 11.5. The number of hydrogen-bond donors (Lipinski definition) is 2. The molecule has 1 atom stereocenters. The monoisotopic (exact) mass is 220 g/mol. The van der Waals surface area contributed by atoms with Gasteiger partial charge in [0.25, 0.3) is 0 Å². The van der Waals surface area contributed by atoms with E-state index in [1.807, 2.05) is 12.1 Å². The van der Waals surface area contributed by atoms with Crippen LogP contribution >= 0.6 is 0 Å². The van der Waals surface area contributed by atoms with Gasteiger partial charge in [-0.15, -0.1) is 0 Å². The average molecular weight is 220 g/mol. The lowest BCUT2D eigenvalue weighted by Gasteiger charge is -2.15. The molecule has 3 N–H and O–H groups in total. The molecule has 0 saturated carbocycles. The van der Waals surface area contributed by atoms with Crippen molar-refractivity contribution in [3.8, 4) is 0 Å². The maximum Gasteiger partial charge on any atom is 0.340 e. The van der Waals surface area contributed by atoms with Crippen molar-refractivity contribution >= 4 is 11.7 Å². The van der Waals surface area contributed by atoms with Crippen molar-refractivity contribution in [2.24, 2.45) is 0 Å². The molecule has 0 amide bonds. The molecule has 1 aliphatic rings. The van der Waals surface area contributed by atoms with Crippen molar-refractivity contribution in [3.63, 3.8) is 0 Å². The molecular formula is C12H16N2O2. The van der Waals surface area contributed by atoms with Gasteiger partial charge in [0.15, 0.2) is 0 Å². The molecule has 1 saturated heterocycles. The molecule has 1 aromatic carbocycles. The van der Waals surface area contributed by atoms with E-state index < -0.39 is 0 Å². The standard InChI is InChI=1S/C12H16N2O2/c1-16-12(15)11-9(3-2-4-10(11)13)8-5-6-14-7-8/h2-4,8,14H,5-7,13H2,1H3. The molecule has 4 heteroatoms. The Morgan fingerprint density at radius 1 is 1.56 bits per heavy atom. The molecule has 0 radical (unpaired) electrons. The third kappa shape index (κ3) is 1.88. The number of hydrogen-bond acceptors (Lipinski definition) is 4. The minimum absolute atomic E-state index is 0.347. The van der Waals surface area contributed by atoms with Crippen molar-refractivity contribution in [1.29, 1.82) is 0 Å². The smallest absolute Gasteiger partial charge is 0.340 e. The quantitative estimate of drug-likeness (QED) is 0.579. The van der Waals surface area contributed by atoms with Crippen molar-refractivity contribution in [2.45, 2.75) is 12.3 Å². The number of rotatable bonds is 2. The van der Waals surface area contributed by atoms with Crippen molar-refractivity contribution < 1.29 is 9.53 Å². The molecule has 1 unspecified atom stereocenters. The van der Waals surface area contributed by atoms with Crippen molar-refractivity contribution in [3.05, 3.63) is 29.3 Å². The van der Waals surface area contributed by atoms with Crippen molar-refractivity contribution in [2.75, 3.05) is 25.9 Å². The second-order valence-electron chi connectivity index (χ2n) is 3.99. The van der Waals surface area contributed by atoms with Gasteiger partial charge < -0.3 is 15.8 Å². The molecule has 1 aromatic rings. The van der Waals surface area contributed by atoms with E-state index >= 15 is 0 Å². The fourth-order valence-corrected chi connectivity index (χ4v) is 2.19. The Labute approximate surface area is 94.8 Å². The predicted molar refractivity (Wildman–Crippen MR) is 62.4 cm³/mol. The molecule has 0 spiro atoms. The molecular weight excluding hydrogens is 204 g/mol. The fraction of sp³-hybridized carbons (Fsp3) is 0.417. The summed E-state index contributed by atoms with van der Waals surface area (Å²) in [6.45, 7) is 1.88. The topological polar surface area (TPSA) is 64.3 Å². The number of nitrogens with one attached hydrogen (secondary N) is 1. The largest absolute Gasteiger partial charge is 0.465 e. The molecule has 2 rings (SSSR count). The Balaban J connectivity index is 2.43. The van der Waals surface area contributed by atoms with Crippen LogP contribution in [0.15, 0.2) is 18.2 Å². The van der Waals surface area contributed by atoms with Crippen LogP contribution < -0.4 is 11.1 Å². The Hall–Kier alpha value is -1.55. The molecule has 0 bridgehead atoms. The molecule has 4 nitrogen and oxygen atoms in total. The number of anilines is 1. The highest BCUT2D eigenvalue weighted by atomic mass is 16.5. The highest BCUT2D eigenvalue weighted by molar-refractivity contribution is 5.96. The summed E-state index contributed by atoms with van der Waals surface area (Å²) in [6, 6.07) is 5.58.